The fourth-order valence-corrected chi connectivity index (χ4v) is 4.48. The van der Waals surface area contributed by atoms with Crippen LogP contribution in [0.5, 0.6) is 0 Å². The van der Waals surface area contributed by atoms with Crippen molar-refractivity contribution in [3.8, 4) is 11.3 Å². The van der Waals surface area contributed by atoms with Gasteiger partial charge in [-0.25, -0.2) is 4.98 Å². The summed E-state index contributed by atoms with van der Waals surface area (Å²) in [5.74, 6) is 0. The number of rotatable bonds is 2. The van der Waals surface area contributed by atoms with Gasteiger partial charge in [0, 0.05) is 55.6 Å². The molecule has 4 heterocycles. The molecule has 0 N–H and O–H groups in total. The Labute approximate surface area is 241 Å². The van der Waals surface area contributed by atoms with Crippen LogP contribution in [0.4, 0.5) is 17.1 Å². The van der Waals surface area contributed by atoms with Crippen LogP contribution >= 0.6 is 0 Å². The number of fused-ring (bicyclic) bond motifs is 4. The van der Waals surface area contributed by atoms with Crippen molar-refractivity contribution >= 4 is 45.1 Å². The molecule has 7 rings (SSSR count). The average molecular weight is 687 g/mol. The van der Waals surface area contributed by atoms with Crippen LogP contribution in [0.15, 0.2) is 89.6 Å². The molecule has 0 spiro atoms. The minimum absolute atomic E-state index is 0. The second-order valence-corrected chi connectivity index (χ2v) is 9.47. The van der Waals surface area contributed by atoms with E-state index in [0.717, 1.165) is 44.7 Å². The Balaban J connectivity index is 0.000000169. The van der Waals surface area contributed by atoms with E-state index < -0.39 is 0 Å². The smallest absolute Gasteiger partial charge is 0.494 e. The van der Waals surface area contributed by atoms with Gasteiger partial charge >= 0.3 is 6.01 Å². The number of aryl methyl sites for hydroxylation is 3. The molecule has 5 nitrogen and oxygen atoms in total. The summed E-state index contributed by atoms with van der Waals surface area (Å²) in [7, 11) is 1.99. The van der Waals surface area contributed by atoms with Gasteiger partial charge in [0.15, 0.2) is 7.05 Å². The van der Waals surface area contributed by atoms with Gasteiger partial charge in [0.05, 0.1) is 0 Å². The Kier molecular flexibility index (Phi) is 7.36. The zero-order valence-electron chi connectivity index (χ0n) is 22.1. The van der Waals surface area contributed by atoms with E-state index in [1.165, 1.54) is 16.7 Å². The second-order valence-electron chi connectivity index (χ2n) is 9.47. The minimum Gasteiger partial charge on any atom is -0.502 e. The van der Waals surface area contributed by atoms with Gasteiger partial charge < -0.3 is 9.40 Å². The van der Waals surface area contributed by atoms with E-state index in [1.807, 2.05) is 58.8 Å². The van der Waals surface area contributed by atoms with Crippen molar-refractivity contribution in [2.24, 2.45) is 0 Å². The molecule has 0 fully saturated rings. The molecule has 0 saturated carbocycles. The molecule has 0 amide bonds. The standard InChI is InChI=1S/C19H12N3O.C14H14N.Ir/c1-21-12-22(17-7-3-2-6-16(17)21)13-8-9-18-15(11-13)14-5-4-10-20-19(14)23-18;1-10-4-6-13(7-5-10)14-8-11(2)12(3)9-15-14;/h2-7,9-11H,1H3;4-6,8-9H,1-3H3;/q+1;-1;. The van der Waals surface area contributed by atoms with Gasteiger partial charge in [0.25, 0.3) is 11.4 Å². The Bertz CT molecular complexity index is 1900. The molecule has 6 heteroatoms. The van der Waals surface area contributed by atoms with Gasteiger partial charge in [-0.3, -0.25) is 0 Å². The van der Waals surface area contributed by atoms with Crippen molar-refractivity contribution in [1.29, 1.82) is 0 Å². The van der Waals surface area contributed by atoms with E-state index >= 15 is 0 Å². The number of hydrogen-bond donors (Lipinski definition) is 0. The van der Waals surface area contributed by atoms with Crippen molar-refractivity contribution in [2.45, 2.75) is 20.8 Å². The van der Waals surface area contributed by atoms with Crippen LogP contribution in [0.3, 0.4) is 0 Å². The fraction of sp³-hybridized carbons (Fsp3) is 0.121. The van der Waals surface area contributed by atoms with Gasteiger partial charge in [-0.1, -0.05) is 51.3 Å². The summed E-state index contributed by atoms with van der Waals surface area (Å²) >= 11 is 0. The first-order chi connectivity index (χ1) is 18.5. The molecule has 0 atom stereocenters. The maximum atomic E-state index is 5.77. The summed E-state index contributed by atoms with van der Waals surface area (Å²) < 4.78 is 9.78. The Morgan fingerprint density at radius 2 is 1.64 bits per heavy atom. The molecule has 6 aromatic rings. The van der Waals surface area contributed by atoms with Gasteiger partial charge in [0.2, 0.25) is 5.71 Å². The van der Waals surface area contributed by atoms with Crippen molar-refractivity contribution in [3.63, 3.8) is 0 Å². The van der Waals surface area contributed by atoms with Crippen LogP contribution in [0.25, 0.3) is 33.3 Å². The number of furan rings is 1. The number of para-hydroxylation sites is 2. The first kappa shape index (κ1) is 26.4. The third-order valence-electron chi connectivity index (χ3n) is 6.76. The Hall–Kier alpha value is -4.21. The van der Waals surface area contributed by atoms with Gasteiger partial charge in [0.1, 0.15) is 5.69 Å². The molecule has 0 unspecified atom stereocenters. The summed E-state index contributed by atoms with van der Waals surface area (Å²) in [5.41, 5.74) is 10.4. The maximum Gasteiger partial charge on any atom is 0.494 e. The summed E-state index contributed by atoms with van der Waals surface area (Å²) in [5, 5.41) is 2.05. The maximum absolute atomic E-state index is 5.77. The molecule has 3 aromatic carbocycles. The number of hydrogen-bond acceptors (Lipinski definition) is 3. The normalized spacial score (nSPS) is 11.8. The first-order valence-electron chi connectivity index (χ1n) is 12.5. The van der Waals surface area contributed by atoms with Crippen molar-refractivity contribution < 1.29 is 29.1 Å². The molecule has 1 aliphatic heterocycles. The van der Waals surface area contributed by atoms with E-state index in [1.54, 1.807) is 6.20 Å². The van der Waals surface area contributed by atoms with E-state index in [4.69, 9.17) is 4.42 Å². The molecule has 3 aromatic heterocycles. The van der Waals surface area contributed by atoms with Gasteiger partial charge in [-0.2, -0.15) is 0 Å². The SMILES string of the molecule is C[N+]1=C=[N+](c2[c-]cc3oc4ncccc4c3c2)c2ccccc21.Cc1c[c-]c(-c2cc(C)c(C)cn2)cc1.[Ir]. The second kappa shape index (κ2) is 10.9. The molecule has 1 aliphatic rings. The Morgan fingerprint density at radius 1 is 0.821 bits per heavy atom. The average Bonchev–Trinajstić information content (AvgIpc) is 3.48. The van der Waals surface area contributed by atoms with Crippen molar-refractivity contribution in [3.05, 3.63) is 114 Å². The predicted octanol–water partition coefficient (Wildman–Crippen LogP) is 7.55. The van der Waals surface area contributed by atoms with Crippen LogP contribution in [-0.4, -0.2) is 27.6 Å². The predicted molar refractivity (Wildman–Crippen MR) is 152 cm³/mol. The number of benzene rings is 3. The third kappa shape index (κ3) is 5.10. The van der Waals surface area contributed by atoms with Gasteiger partial charge in [-0.05, 0) is 37.2 Å². The molecule has 0 bridgehead atoms. The summed E-state index contributed by atoms with van der Waals surface area (Å²) in [6, 6.07) is 34.2. The third-order valence-corrected chi connectivity index (χ3v) is 6.76. The number of aromatic nitrogens is 2. The summed E-state index contributed by atoms with van der Waals surface area (Å²) in [4.78, 5) is 8.68. The van der Waals surface area contributed by atoms with Crippen molar-refractivity contribution in [1.82, 2.24) is 14.5 Å². The topological polar surface area (TPSA) is 44.9 Å². The molecular weight excluding hydrogens is 661 g/mol. The monoisotopic (exact) mass is 687 g/mol. The molecule has 0 saturated heterocycles. The largest absolute Gasteiger partial charge is 0.502 e. The van der Waals surface area contributed by atoms with Crippen molar-refractivity contribution in [2.75, 3.05) is 7.05 Å². The van der Waals surface area contributed by atoms with E-state index in [2.05, 4.69) is 85.3 Å². The van der Waals surface area contributed by atoms with Crippen LogP contribution in [0.2, 0.25) is 0 Å². The molecule has 39 heavy (non-hydrogen) atoms. The van der Waals surface area contributed by atoms with E-state index in [9.17, 15) is 0 Å². The minimum atomic E-state index is 0. The first-order valence-corrected chi connectivity index (χ1v) is 12.5. The summed E-state index contributed by atoms with van der Waals surface area (Å²) in [6.45, 7) is 6.24. The van der Waals surface area contributed by atoms with Crippen LogP contribution < -0.4 is 4.58 Å². The van der Waals surface area contributed by atoms with Crippen LogP contribution in [0.1, 0.15) is 16.7 Å². The fourth-order valence-electron chi connectivity index (χ4n) is 4.48. The van der Waals surface area contributed by atoms with E-state index in [0.29, 0.717) is 5.71 Å². The quantitative estimate of drug-likeness (QED) is 0.140. The number of pyridine rings is 2. The number of nitrogens with zero attached hydrogens (tertiary/aromatic N) is 4. The summed E-state index contributed by atoms with van der Waals surface area (Å²) in [6.07, 6.45) is 3.65. The zero-order chi connectivity index (χ0) is 26.2. The molecule has 1 radical (unpaired) electrons. The van der Waals surface area contributed by atoms with Gasteiger partial charge in [-0.15, -0.1) is 47.5 Å². The van der Waals surface area contributed by atoms with Crippen LogP contribution in [0, 0.1) is 32.9 Å². The molecule has 0 aliphatic carbocycles. The van der Waals surface area contributed by atoms with E-state index in [-0.39, 0.29) is 20.1 Å². The Morgan fingerprint density at radius 3 is 2.41 bits per heavy atom. The molecular formula is C33H26IrN4O. The van der Waals surface area contributed by atoms with Crippen LogP contribution in [-0.2, 0) is 20.1 Å². The molecule has 193 valence electrons. The zero-order valence-corrected chi connectivity index (χ0v) is 24.5.